The van der Waals surface area contributed by atoms with Crippen LogP contribution < -0.4 is 11.1 Å². The Kier molecular flexibility index (Phi) is 3.00. The van der Waals surface area contributed by atoms with Gasteiger partial charge in [-0.2, -0.15) is 4.98 Å². The van der Waals surface area contributed by atoms with Gasteiger partial charge in [0.05, 0.1) is 6.20 Å². The number of nitrogens with zero attached hydrogens (tertiary/aromatic N) is 3. The minimum Gasteiger partial charge on any atom is -0.353 e. The molecular formula is C10H14FN5. The largest absolute Gasteiger partial charge is 0.353 e. The molecule has 0 bridgehead atoms. The normalized spacial score (nSPS) is 12.9. The minimum absolute atomic E-state index is 0.141. The summed E-state index contributed by atoms with van der Waals surface area (Å²) < 4.78 is 14.3. The Morgan fingerprint density at radius 1 is 1.56 bits per heavy atom. The van der Waals surface area contributed by atoms with Crippen LogP contribution in [0.2, 0.25) is 0 Å². The molecule has 0 saturated carbocycles. The van der Waals surface area contributed by atoms with Gasteiger partial charge in [-0.1, -0.05) is 0 Å². The van der Waals surface area contributed by atoms with Crippen molar-refractivity contribution in [3.05, 3.63) is 24.1 Å². The molecule has 0 spiro atoms. The van der Waals surface area contributed by atoms with Gasteiger partial charge >= 0.3 is 0 Å². The fraction of sp³-hybridized carbons (Fsp3) is 0.400. The van der Waals surface area contributed by atoms with Crippen molar-refractivity contribution < 1.29 is 4.39 Å². The topological polar surface area (TPSA) is 68.2 Å². The lowest BCUT2D eigenvalue weighted by Gasteiger charge is -2.03. The lowest BCUT2D eigenvalue weighted by atomic mass is 10.2. The van der Waals surface area contributed by atoms with Crippen LogP contribution in [0.25, 0.3) is 5.65 Å². The first-order chi connectivity index (χ1) is 7.65. The number of aromatic nitrogens is 3. The summed E-state index contributed by atoms with van der Waals surface area (Å²) in [5, 5.41) is 7.12. The highest BCUT2D eigenvalue weighted by Gasteiger charge is 2.03. The monoisotopic (exact) mass is 223 g/mol. The maximum atomic E-state index is 12.9. The molecule has 6 heteroatoms. The molecule has 2 heterocycles. The van der Waals surface area contributed by atoms with Gasteiger partial charge in [0.25, 0.3) is 0 Å². The zero-order valence-electron chi connectivity index (χ0n) is 9.02. The summed E-state index contributed by atoms with van der Waals surface area (Å²) in [4.78, 5) is 4.18. The Morgan fingerprint density at radius 2 is 2.38 bits per heavy atom. The van der Waals surface area contributed by atoms with E-state index in [2.05, 4.69) is 15.4 Å². The zero-order valence-corrected chi connectivity index (χ0v) is 9.02. The molecule has 0 fully saturated rings. The number of nitrogens with two attached hydrogens (primary N) is 1. The van der Waals surface area contributed by atoms with Crippen LogP contribution in [0.1, 0.15) is 13.3 Å². The van der Waals surface area contributed by atoms with Crippen LogP contribution in [0.5, 0.6) is 0 Å². The number of hydrogen-bond acceptors (Lipinski definition) is 4. The first-order valence-electron chi connectivity index (χ1n) is 5.16. The molecule has 0 aliphatic carbocycles. The third kappa shape index (κ3) is 2.46. The van der Waals surface area contributed by atoms with E-state index in [9.17, 15) is 4.39 Å². The van der Waals surface area contributed by atoms with E-state index in [0.717, 1.165) is 6.42 Å². The molecule has 0 saturated heterocycles. The third-order valence-corrected chi connectivity index (χ3v) is 2.18. The highest BCUT2D eigenvalue weighted by atomic mass is 19.1. The van der Waals surface area contributed by atoms with Crippen LogP contribution in [0, 0.1) is 5.82 Å². The molecule has 3 N–H and O–H groups in total. The lowest BCUT2D eigenvalue weighted by molar-refractivity contribution is 0.614. The van der Waals surface area contributed by atoms with Crippen molar-refractivity contribution in [3.63, 3.8) is 0 Å². The number of anilines is 1. The molecule has 0 aliphatic rings. The van der Waals surface area contributed by atoms with Gasteiger partial charge in [0.15, 0.2) is 5.65 Å². The van der Waals surface area contributed by atoms with Crippen LogP contribution >= 0.6 is 0 Å². The predicted octanol–water partition coefficient (Wildman–Crippen LogP) is 1.02. The van der Waals surface area contributed by atoms with Crippen molar-refractivity contribution in [3.8, 4) is 0 Å². The van der Waals surface area contributed by atoms with Crippen LogP contribution in [0.3, 0.4) is 0 Å². The summed E-state index contributed by atoms with van der Waals surface area (Å²) in [6.07, 6.45) is 2.13. The molecule has 16 heavy (non-hydrogen) atoms. The first kappa shape index (κ1) is 10.8. The van der Waals surface area contributed by atoms with E-state index in [4.69, 9.17) is 5.73 Å². The fourth-order valence-electron chi connectivity index (χ4n) is 1.34. The van der Waals surface area contributed by atoms with Crippen molar-refractivity contribution in [1.82, 2.24) is 14.6 Å². The van der Waals surface area contributed by atoms with E-state index >= 15 is 0 Å². The maximum Gasteiger partial charge on any atom is 0.243 e. The van der Waals surface area contributed by atoms with Crippen molar-refractivity contribution >= 4 is 11.6 Å². The highest BCUT2D eigenvalue weighted by molar-refractivity contribution is 5.42. The molecule has 0 amide bonds. The Labute approximate surface area is 92.5 Å². The number of fused-ring (bicyclic) bond motifs is 1. The fourth-order valence-corrected chi connectivity index (χ4v) is 1.34. The van der Waals surface area contributed by atoms with E-state index in [1.807, 2.05) is 6.92 Å². The van der Waals surface area contributed by atoms with Crippen molar-refractivity contribution in [2.24, 2.45) is 5.73 Å². The Bertz CT molecular complexity index is 479. The van der Waals surface area contributed by atoms with Gasteiger partial charge in [-0.25, -0.2) is 8.91 Å². The quantitative estimate of drug-likeness (QED) is 0.812. The van der Waals surface area contributed by atoms with Crippen LogP contribution in [0.4, 0.5) is 10.3 Å². The molecular weight excluding hydrogens is 209 g/mol. The van der Waals surface area contributed by atoms with Gasteiger partial charge in [-0.3, -0.25) is 0 Å². The summed E-state index contributed by atoms with van der Waals surface area (Å²) in [6.45, 7) is 2.64. The summed E-state index contributed by atoms with van der Waals surface area (Å²) in [5.74, 6) is 0.158. The minimum atomic E-state index is -0.334. The second-order valence-corrected chi connectivity index (χ2v) is 3.78. The van der Waals surface area contributed by atoms with Crippen LogP contribution in [0.15, 0.2) is 18.3 Å². The summed E-state index contributed by atoms with van der Waals surface area (Å²) in [5.41, 5.74) is 6.23. The van der Waals surface area contributed by atoms with Gasteiger partial charge < -0.3 is 11.1 Å². The average molecular weight is 223 g/mol. The highest BCUT2D eigenvalue weighted by Crippen LogP contribution is 2.06. The number of hydrogen-bond donors (Lipinski definition) is 2. The molecule has 0 aliphatic heterocycles. The lowest BCUT2D eigenvalue weighted by Crippen LogP contribution is -2.19. The number of pyridine rings is 1. The second-order valence-electron chi connectivity index (χ2n) is 3.78. The van der Waals surface area contributed by atoms with Crippen molar-refractivity contribution in [2.75, 3.05) is 11.9 Å². The molecule has 5 nitrogen and oxygen atoms in total. The van der Waals surface area contributed by atoms with Gasteiger partial charge in [-0.05, 0) is 25.5 Å². The second kappa shape index (κ2) is 4.44. The molecule has 0 aromatic carbocycles. The number of nitrogens with one attached hydrogen (secondary N) is 1. The smallest absolute Gasteiger partial charge is 0.243 e. The summed E-state index contributed by atoms with van der Waals surface area (Å²) in [7, 11) is 0. The average Bonchev–Trinajstić information content (AvgIpc) is 2.58. The van der Waals surface area contributed by atoms with Gasteiger partial charge in [0.2, 0.25) is 5.95 Å². The molecule has 0 radical (unpaired) electrons. The summed E-state index contributed by atoms with van der Waals surface area (Å²) in [6, 6.07) is 3.08. The molecule has 2 rings (SSSR count). The maximum absolute atomic E-state index is 12.9. The standard InChI is InChI=1S/C10H14FN5/c1-7(12)4-5-13-10-14-9-3-2-8(11)6-16(9)15-10/h2-3,6-7H,4-5,12H2,1H3,(H,13,15). The Morgan fingerprint density at radius 3 is 3.12 bits per heavy atom. The Balaban J connectivity index is 2.08. The van der Waals surface area contributed by atoms with Gasteiger partial charge in [0, 0.05) is 12.6 Å². The van der Waals surface area contributed by atoms with Crippen molar-refractivity contribution in [1.29, 1.82) is 0 Å². The number of rotatable bonds is 4. The molecule has 1 unspecified atom stereocenters. The molecule has 86 valence electrons. The first-order valence-corrected chi connectivity index (χ1v) is 5.16. The SMILES string of the molecule is CC(N)CCNc1nc2ccc(F)cn2n1. The van der Waals surface area contributed by atoms with Crippen LogP contribution in [-0.4, -0.2) is 27.2 Å². The van der Waals surface area contributed by atoms with E-state index in [1.54, 1.807) is 6.07 Å². The molecule has 1 atom stereocenters. The van der Waals surface area contributed by atoms with E-state index < -0.39 is 0 Å². The van der Waals surface area contributed by atoms with Crippen molar-refractivity contribution in [2.45, 2.75) is 19.4 Å². The predicted molar refractivity (Wildman–Crippen MR) is 59.7 cm³/mol. The number of halogens is 1. The molecule has 2 aromatic rings. The van der Waals surface area contributed by atoms with Crippen LogP contribution in [-0.2, 0) is 0 Å². The summed E-state index contributed by atoms with van der Waals surface area (Å²) >= 11 is 0. The van der Waals surface area contributed by atoms with Gasteiger partial charge in [0.1, 0.15) is 5.82 Å². The van der Waals surface area contributed by atoms with E-state index in [-0.39, 0.29) is 11.9 Å². The zero-order chi connectivity index (χ0) is 11.5. The van der Waals surface area contributed by atoms with E-state index in [0.29, 0.717) is 18.1 Å². The third-order valence-electron chi connectivity index (χ3n) is 2.18. The molecule has 2 aromatic heterocycles. The van der Waals surface area contributed by atoms with E-state index in [1.165, 1.54) is 16.8 Å². The Hall–Kier alpha value is -1.69. The van der Waals surface area contributed by atoms with Gasteiger partial charge in [-0.15, -0.1) is 5.10 Å².